The van der Waals surface area contributed by atoms with E-state index in [0.717, 1.165) is 26.9 Å². The van der Waals surface area contributed by atoms with Crippen molar-refractivity contribution in [3.8, 4) is 28.1 Å². The summed E-state index contributed by atoms with van der Waals surface area (Å²) in [6.07, 6.45) is 0. The molecule has 4 nitrogen and oxygen atoms in total. The summed E-state index contributed by atoms with van der Waals surface area (Å²) < 4.78 is 11.5. The molecule has 5 heteroatoms. The minimum Gasteiger partial charge on any atom is -0.496 e. The maximum absolute atomic E-state index is 5.98. The van der Waals surface area contributed by atoms with E-state index in [1.54, 1.807) is 7.11 Å². The molecule has 3 rings (SSSR count). The number of rotatable bonds is 3. The van der Waals surface area contributed by atoms with Crippen molar-refractivity contribution in [3.05, 3.63) is 53.0 Å². The molecule has 0 radical (unpaired) electrons. The number of nitrogens with two attached hydrogens (primary N) is 1. The number of hydrogen-bond donors (Lipinski definition) is 1. The molecule has 0 aliphatic carbocycles. The summed E-state index contributed by atoms with van der Waals surface area (Å²) in [4.78, 5) is 0. The van der Waals surface area contributed by atoms with Crippen LogP contribution in [0.25, 0.3) is 22.4 Å². The predicted molar refractivity (Wildman–Crippen MR) is 86.0 cm³/mol. The Balaban J connectivity index is 2.25. The summed E-state index contributed by atoms with van der Waals surface area (Å²) in [6, 6.07) is 15.4. The van der Waals surface area contributed by atoms with E-state index in [1.807, 2.05) is 48.5 Å². The van der Waals surface area contributed by atoms with Crippen LogP contribution in [0.1, 0.15) is 0 Å². The summed E-state index contributed by atoms with van der Waals surface area (Å²) in [5, 5.41) is 4.11. The highest BCUT2D eigenvalue weighted by molar-refractivity contribution is 9.10. The van der Waals surface area contributed by atoms with Gasteiger partial charge in [0.2, 0.25) is 5.88 Å². The zero-order chi connectivity index (χ0) is 14.8. The molecule has 1 aromatic heterocycles. The zero-order valence-electron chi connectivity index (χ0n) is 11.3. The highest BCUT2D eigenvalue weighted by atomic mass is 79.9. The molecule has 2 aromatic carbocycles. The fourth-order valence-electron chi connectivity index (χ4n) is 2.25. The van der Waals surface area contributed by atoms with Crippen molar-refractivity contribution in [3.63, 3.8) is 0 Å². The van der Waals surface area contributed by atoms with Crippen LogP contribution in [0.3, 0.4) is 0 Å². The highest BCUT2D eigenvalue weighted by Gasteiger charge is 2.21. The number of aromatic nitrogens is 1. The molecule has 0 atom stereocenters. The standard InChI is InChI=1S/C16H13BrN2O2/c1-20-13-9-5-3-7-11(13)14-15(19-21-16(14)18)10-6-2-4-8-12(10)17/h2-9H,18H2,1H3. The van der Waals surface area contributed by atoms with Gasteiger partial charge in [0, 0.05) is 15.6 Å². The van der Waals surface area contributed by atoms with Gasteiger partial charge >= 0.3 is 0 Å². The molecule has 1 heterocycles. The average Bonchev–Trinajstić information content (AvgIpc) is 2.89. The Bertz CT molecular complexity index is 783. The third-order valence-corrected chi connectivity index (χ3v) is 3.92. The number of anilines is 1. The lowest BCUT2D eigenvalue weighted by molar-refractivity contribution is 0.416. The second-order valence-electron chi connectivity index (χ2n) is 4.45. The Labute approximate surface area is 130 Å². The third kappa shape index (κ3) is 2.40. The van der Waals surface area contributed by atoms with E-state index in [4.69, 9.17) is 15.0 Å². The van der Waals surface area contributed by atoms with E-state index in [2.05, 4.69) is 21.1 Å². The lowest BCUT2D eigenvalue weighted by Gasteiger charge is -2.09. The summed E-state index contributed by atoms with van der Waals surface area (Å²) in [5.41, 5.74) is 9.17. The lowest BCUT2D eigenvalue weighted by Crippen LogP contribution is -1.92. The van der Waals surface area contributed by atoms with Gasteiger partial charge in [-0.05, 0) is 12.1 Å². The summed E-state index contributed by atoms with van der Waals surface area (Å²) in [6.45, 7) is 0. The molecule has 0 bridgehead atoms. The molecule has 0 unspecified atom stereocenters. The molecule has 21 heavy (non-hydrogen) atoms. The van der Waals surface area contributed by atoms with Gasteiger partial charge < -0.3 is 15.0 Å². The topological polar surface area (TPSA) is 61.3 Å². The van der Waals surface area contributed by atoms with E-state index >= 15 is 0 Å². The van der Waals surface area contributed by atoms with Crippen LogP contribution in [-0.4, -0.2) is 12.3 Å². The normalized spacial score (nSPS) is 10.6. The van der Waals surface area contributed by atoms with Gasteiger partial charge in [-0.2, -0.15) is 0 Å². The van der Waals surface area contributed by atoms with Gasteiger partial charge in [0.15, 0.2) is 0 Å². The summed E-state index contributed by atoms with van der Waals surface area (Å²) in [7, 11) is 1.63. The summed E-state index contributed by atoms with van der Waals surface area (Å²) in [5.74, 6) is 0.992. The van der Waals surface area contributed by atoms with Gasteiger partial charge in [-0.15, -0.1) is 0 Å². The molecule has 0 aliphatic heterocycles. The number of hydrogen-bond acceptors (Lipinski definition) is 4. The Hall–Kier alpha value is -2.27. The van der Waals surface area contributed by atoms with Crippen molar-refractivity contribution < 1.29 is 9.26 Å². The van der Waals surface area contributed by atoms with Gasteiger partial charge in [-0.1, -0.05) is 57.5 Å². The zero-order valence-corrected chi connectivity index (χ0v) is 12.9. The molecule has 106 valence electrons. The second-order valence-corrected chi connectivity index (χ2v) is 5.30. The SMILES string of the molecule is COc1ccccc1-c1c(-c2ccccc2Br)noc1N. The molecule has 0 saturated carbocycles. The maximum Gasteiger partial charge on any atom is 0.230 e. The first-order valence-corrected chi connectivity index (χ1v) is 7.15. The number of nitrogens with zero attached hydrogens (tertiary/aromatic N) is 1. The van der Waals surface area contributed by atoms with Crippen LogP contribution < -0.4 is 10.5 Å². The first-order chi connectivity index (χ1) is 10.2. The average molecular weight is 345 g/mol. The number of para-hydroxylation sites is 1. The quantitative estimate of drug-likeness (QED) is 0.766. The van der Waals surface area contributed by atoms with Crippen LogP contribution in [-0.2, 0) is 0 Å². The first kappa shape index (κ1) is 13.7. The fraction of sp³-hybridized carbons (Fsp3) is 0.0625. The van der Waals surface area contributed by atoms with Crippen molar-refractivity contribution in [2.75, 3.05) is 12.8 Å². The minimum absolute atomic E-state index is 0.269. The first-order valence-electron chi connectivity index (χ1n) is 6.36. The predicted octanol–water partition coefficient (Wildman–Crippen LogP) is 4.36. The van der Waals surface area contributed by atoms with Crippen LogP contribution in [0.5, 0.6) is 5.75 Å². The largest absolute Gasteiger partial charge is 0.496 e. The minimum atomic E-state index is 0.269. The number of benzene rings is 2. The van der Waals surface area contributed by atoms with Crippen LogP contribution in [0.15, 0.2) is 57.5 Å². The van der Waals surface area contributed by atoms with E-state index in [-0.39, 0.29) is 5.88 Å². The van der Waals surface area contributed by atoms with Crippen molar-refractivity contribution >= 4 is 21.8 Å². The molecule has 2 N–H and O–H groups in total. The lowest BCUT2D eigenvalue weighted by atomic mass is 10.00. The van der Waals surface area contributed by atoms with Crippen molar-refractivity contribution in [2.24, 2.45) is 0 Å². The van der Waals surface area contributed by atoms with Gasteiger partial charge in [0.1, 0.15) is 11.4 Å². The maximum atomic E-state index is 5.98. The van der Waals surface area contributed by atoms with Gasteiger partial charge in [0.05, 0.1) is 12.7 Å². The van der Waals surface area contributed by atoms with Crippen LogP contribution in [0.4, 0.5) is 5.88 Å². The molecular formula is C16H13BrN2O2. The van der Waals surface area contributed by atoms with Gasteiger partial charge in [0.25, 0.3) is 0 Å². The molecule has 0 amide bonds. The van der Waals surface area contributed by atoms with Crippen LogP contribution in [0.2, 0.25) is 0 Å². The van der Waals surface area contributed by atoms with Gasteiger partial charge in [-0.3, -0.25) is 0 Å². The molecule has 3 aromatic rings. The fourth-order valence-corrected chi connectivity index (χ4v) is 2.72. The number of ether oxygens (including phenoxy) is 1. The van der Waals surface area contributed by atoms with Crippen molar-refractivity contribution in [1.82, 2.24) is 5.16 Å². The number of methoxy groups -OCH3 is 1. The van der Waals surface area contributed by atoms with Crippen molar-refractivity contribution in [1.29, 1.82) is 0 Å². The monoisotopic (exact) mass is 344 g/mol. The second kappa shape index (κ2) is 5.61. The third-order valence-electron chi connectivity index (χ3n) is 3.22. The van der Waals surface area contributed by atoms with Gasteiger partial charge in [-0.25, -0.2) is 0 Å². The van der Waals surface area contributed by atoms with Crippen LogP contribution >= 0.6 is 15.9 Å². The van der Waals surface area contributed by atoms with Crippen LogP contribution in [0, 0.1) is 0 Å². The Morgan fingerprint density at radius 1 is 1.05 bits per heavy atom. The Morgan fingerprint density at radius 3 is 2.43 bits per heavy atom. The van der Waals surface area contributed by atoms with E-state index < -0.39 is 0 Å². The van der Waals surface area contributed by atoms with E-state index in [1.165, 1.54) is 0 Å². The van der Waals surface area contributed by atoms with Crippen molar-refractivity contribution in [2.45, 2.75) is 0 Å². The highest BCUT2D eigenvalue weighted by Crippen LogP contribution is 2.42. The van der Waals surface area contributed by atoms with E-state index in [9.17, 15) is 0 Å². The molecule has 0 fully saturated rings. The summed E-state index contributed by atoms with van der Waals surface area (Å²) >= 11 is 3.53. The molecule has 0 aliphatic rings. The molecule has 0 saturated heterocycles. The van der Waals surface area contributed by atoms with E-state index in [0.29, 0.717) is 5.69 Å². The Kier molecular flexibility index (Phi) is 3.66. The number of nitrogen functional groups attached to an aromatic ring is 1. The Morgan fingerprint density at radius 2 is 1.71 bits per heavy atom. The number of halogens is 1. The molecular weight excluding hydrogens is 332 g/mol. The smallest absolute Gasteiger partial charge is 0.230 e. The molecule has 0 spiro atoms.